The third kappa shape index (κ3) is 6.13. The van der Waals surface area contributed by atoms with Gasteiger partial charge in [-0.3, -0.25) is 13.7 Å². The zero-order valence-electron chi connectivity index (χ0n) is 13.8. The summed E-state index contributed by atoms with van der Waals surface area (Å²) in [5.41, 5.74) is 4.89. The Morgan fingerprint density at radius 1 is 1.56 bits per heavy atom. The molecule has 1 saturated heterocycles. The Kier molecular flexibility index (Phi) is 6.54. The lowest BCUT2D eigenvalue weighted by molar-refractivity contribution is -0.0427. The number of carbonyl (C=O) groups is 1. The van der Waals surface area contributed by atoms with Gasteiger partial charge in [0.05, 0.1) is 19.3 Å². The van der Waals surface area contributed by atoms with Gasteiger partial charge in [0.25, 0.3) is 0 Å². The number of carbonyl (C=O) groups excluding carboxylic acids is 1. The fourth-order valence-corrected chi connectivity index (χ4v) is 3.06. The molecule has 0 bridgehead atoms. The van der Waals surface area contributed by atoms with E-state index in [1.807, 2.05) is 0 Å². The van der Waals surface area contributed by atoms with Crippen LogP contribution in [0.5, 0.6) is 0 Å². The number of hydrogen-bond acceptors (Lipinski definition) is 10. The summed E-state index contributed by atoms with van der Waals surface area (Å²) in [6, 6.07) is 1.48. The van der Waals surface area contributed by atoms with E-state index in [1.165, 1.54) is 16.8 Å². The molecule has 2 atom stereocenters. The molecule has 0 amide bonds. The summed E-state index contributed by atoms with van der Waals surface area (Å²) >= 11 is 0. The van der Waals surface area contributed by atoms with Crippen LogP contribution in [-0.4, -0.2) is 47.7 Å². The average molecular weight is 377 g/mol. The first-order chi connectivity index (χ1) is 11.8. The van der Waals surface area contributed by atoms with E-state index in [0.29, 0.717) is 0 Å². The average Bonchev–Trinajstić information content (AvgIpc) is 2.51. The van der Waals surface area contributed by atoms with Crippen LogP contribution >= 0.6 is 7.60 Å². The van der Waals surface area contributed by atoms with Crippen molar-refractivity contribution < 1.29 is 32.6 Å². The van der Waals surface area contributed by atoms with Gasteiger partial charge in [-0.15, -0.1) is 0 Å². The van der Waals surface area contributed by atoms with Gasteiger partial charge in [0, 0.05) is 6.20 Å². The van der Waals surface area contributed by atoms with E-state index in [1.54, 1.807) is 13.8 Å². The maximum absolute atomic E-state index is 12.2. The van der Waals surface area contributed by atoms with Crippen LogP contribution in [0.4, 0.5) is 10.6 Å². The topological polar surface area (TPSA) is 141 Å². The Morgan fingerprint density at radius 3 is 2.92 bits per heavy atom. The van der Waals surface area contributed by atoms with E-state index in [9.17, 15) is 14.2 Å². The maximum Gasteiger partial charge on any atom is 0.510 e. The molecule has 1 fully saturated rings. The summed E-state index contributed by atoms with van der Waals surface area (Å²) < 4.78 is 38.4. The fraction of sp³-hybridized carbons (Fsp3) is 0.615. The quantitative estimate of drug-likeness (QED) is 0.432. The Balaban J connectivity index is 1.77. The third-order valence-corrected chi connectivity index (χ3v) is 4.49. The van der Waals surface area contributed by atoms with Crippen LogP contribution in [0.25, 0.3) is 0 Å². The van der Waals surface area contributed by atoms with Gasteiger partial charge >= 0.3 is 19.4 Å². The van der Waals surface area contributed by atoms with E-state index >= 15 is 0 Å². The normalized spacial score (nSPS) is 23.4. The highest BCUT2D eigenvalue weighted by molar-refractivity contribution is 7.53. The minimum atomic E-state index is -3.54. The molecular formula is C13H20N3O8P. The molecule has 1 aliphatic rings. The molecule has 0 saturated carbocycles. The molecule has 2 N–H and O–H groups in total. The summed E-state index contributed by atoms with van der Waals surface area (Å²) in [7, 11) is -3.54. The lowest BCUT2D eigenvalue weighted by Gasteiger charge is -2.28. The predicted molar refractivity (Wildman–Crippen MR) is 84.9 cm³/mol. The van der Waals surface area contributed by atoms with Crippen molar-refractivity contribution >= 4 is 19.6 Å². The minimum Gasteiger partial charge on any atom is -0.432 e. The van der Waals surface area contributed by atoms with E-state index in [2.05, 4.69) is 9.72 Å². The number of nitrogen functional groups attached to an aromatic ring is 1. The first-order valence-corrected chi connectivity index (χ1v) is 9.16. The van der Waals surface area contributed by atoms with Crippen molar-refractivity contribution in [3.63, 3.8) is 0 Å². The molecular weight excluding hydrogens is 357 g/mol. The Bertz CT molecular complexity index is 695. The lowest BCUT2D eigenvalue weighted by atomic mass is 10.3. The Labute approximate surface area is 143 Å². The number of anilines is 1. The second-order valence-corrected chi connectivity index (χ2v) is 7.42. The largest absolute Gasteiger partial charge is 0.510 e. The molecule has 0 aliphatic carbocycles. The van der Waals surface area contributed by atoms with Crippen molar-refractivity contribution in [2.24, 2.45) is 0 Å². The van der Waals surface area contributed by atoms with Gasteiger partial charge in [-0.2, -0.15) is 4.98 Å². The molecule has 2 rings (SSSR count). The second-order valence-electron chi connectivity index (χ2n) is 5.42. The number of nitrogens with zero attached hydrogens (tertiary/aromatic N) is 2. The highest BCUT2D eigenvalue weighted by atomic mass is 31.2. The Morgan fingerprint density at radius 2 is 2.32 bits per heavy atom. The van der Waals surface area contributed by atoms with Crippen LogP contribution in [0.3, 0.4) is 0 Å². The maximum atomic E-state index is 12.2. The van der Waals surface area contributed by atoms with Crippen LogP contribution in [-0.2, 0) is 34.4 Å². The number of hydrogen-bond donors (Lipinski definition) is 1. The van der Waals surface area contributed by atoms with Crippen LogP contribution in [0, 0.1) is 0 Å². The van der Waals surface area contributed by atoms with E-state index in [0.717, 1.165) is 0 Å². The number of aromatic nitrogens is 2. The van der Waals surface area contributed by atoms with Crippen molar-refractivity contribution in [2.45, 2.75) is 32.6 Å². The number of rotatable bonds is 6. The minimum absolute atomic E-state index is 0.0649. The molecule has 12 heteroatoms. The summed E-state index contributed by atoms with van der Waals surface area (Å²) in [5.74, 6) is 0.121. The Hall–Kier alpha value is -1.94. The third-order valence-electron chi connectivity index (χ3n) is 2.98. The molecule has 1 unspecified atom stereocenters. The fourth-order valence-electron chi connectivity index (χ4n) is 1.84. The zero-order valence-corrected chi connectivity index (χ0v) is 14.7. The van der Waals surface area contributed by atoms with Gasteiger partial charge in [-0.25, -0.2) is 9.59 Å². The van der Waals surface area contributed by atoms with Crippen LogP contribution in [0.2, 0.25) is 0 Å². The van der Waals surface area contributed by atoms with Crippen molar-refractivity contribution in [2.75, 3.05) is 25.5 Å². The second kappa shape index (κ2) is 8.43. The summed E-state index contributed by atoms with van der Waals surface area (Å²) in [6.45, 7) is 2.82. The lowest BCUT2D eigenvalue weighted by Crippen LogP contribution is -2.35. The van der Waals surface area contributed by atoms with Crippen molar-refractivity contribution in [1.82, 2.24) is 9.55 Å². The summed E-state index contributed by atoms with van der Waals surface area (Å²) in [6.07, 6.45) is -0.650. The summed E-state index contributed by atoms with van der Waals surface area (Å²) in [5, 5.41) is 0. The highest BCUT2D eigenvalue weighted by Crippen LogP contribution is 2.50. The van der Waals surface area contributed by atoms with Crippen molar-refractivity contribution in [3.05, 3.63) is 22.7 Å². The van der Waals surface area contributed by atoms with Crippen molar-refractivity contribution in [3.8, 4) is 0 Å². The number of ether oxygens (including phenoxy) is 3. The van der Waals surface area contributed by atoms with Gasteiger partial charge < -0.3 is 24.5 Å². The van der Waals surface area contributed by atoms with Gasteiger partial charge in [0.1, 0.15) is 18.3 Å². The molecule has 0 aromatic carbocycles. The standard InChI is InChI=1S/C13H20N3O8P/c1-9(2)24-13(18)20-7-23-25(19)8-21-10(6-22-25)5-16-4-3-11(14)15-12(16)17/h3-4,9-10H,5-8H2,1-2H3,(H2,14,15,17)/t10-,25?/m0/s1. The predicted octanol–water partition coefficient (Wildman–Crippen LogP) is 0.927. The monoisotopic (exact) mass is 377 g/mol. The van der Waals surface area contributed by atoms with Gasteiger partial charge in [0.2, 0.25) is 6.79 Å². The molecule has 11 nitrogen and oxygen atoms in total. The van der Waals surface area contributed by atoms with Gasteiger partial charge in [-0.05, 0) is 19.9 Å². The number of nitrogens with two attached hydrogens (primary N) is 1. The molecule has 0 radical (unpaired) electrons. The molecule has 1 aliphatic heterocycles. The molecule has 140 valence electrons. The van der Waals surface area contributed by atoms with E-state index < -0.39 is 32.3 Å². The first kappa shape index (κ1) is 19.4. The molecule has 1 aromatic rings. The summed E-state index contributed by atoms with van der Waals surface area (Å²) in [4.78, 5) is 26.4. The molecule has 1 aromatic heterocycles. The van der Waals surface area contributed by atoms with Crippen LogP contribution in [0.1, 0.15) is 13.8 Å². The molecule has 0 spiro atoms. The van der Waals surface area contributed by atoms with Crippen LogP contribution < -0.4 is 11.4 Å². The highest BCUT2D eigenvalue weighted by Gasteiger charge is 2.34. The van der Waals surface area contributed by atoms with Gasteiger partial charge in [0.15, 0.2) is 0 Å². The van der Waals surface area contributed by atoms with E-state index in [-0.39, 0.29) is 31.4 Å². The van der Waals surface area contributed by atoms with Crippen LogP contribution in [0.15, 0.2) is 17.1 Å². The molecule has 25 heavy (non-hydrogen) atoms. The SMILES string of the molecule is CC(C)OC(=O)OCOP1(=O)CO[C@@H](Cn2ccc(N)nc2=O)CO1. The van der Waals surface area contributed by atoms with Crippen molar-refractivity contribution in [1.29, 1.82) is 0 Å². The smallest absolute Gasteiger partial charge is 0.432 e. The zero-order chi connectivity index (χ0) is 18.4. The molecule has 2 heterocycles. The first-order valence-electron chi connectivity index (χ1n) is 7.43. The van der Waals surface area contributed by atoms with Gasteiger partial charge in [-0.1, -0.05) is 0 Å². The van der Waals surface area contributed by atoms with E-state index in [4.69, 9.17) is 24.3 Å².